The lowest BCUT2D eigenvalue weighted by Crippen LogP contribution is -2.57. The van der Waals surface area contributed by atoms with Crippen LogP contribution in [0.3, 0.4) is 0 Å². The SMILES string of the molecule is Cc1ncoc1C(=O)N1CC[C@H]2C(=O)NCCCCCCN(Cc3ccncc3)[C@@H]2C1. The van der Waals surface area contributed by atoms with Crippen molar-refractivity contribution < 1.29 is 14.0 Å². The summed E-state index contributed by atoms with van der Waals surface area (Å²) in [5.41, 5.74) is 1.76. The second-order valence-corrected chi connectivity index (χ2v) is 8.51. The molecule has 2 amide bonds. The van der Waals surface area contributed by atoms with Crippen LogP contribution in [0, 0.1) is 12.8 Å². The third-order valence-corrected chi connectivity index (χ3v) is 6.42. The van der Waals surface area contributed by atoms with Crippen LogP contribution in [0.1, 0.15) is 53.9 Å². The van der Waals surface area contributed by atoms with Crippen molar-refractivity contribution in [1.29, 1.82) is 0 Å². The van der Waals surface area contributed by atoms with E-state index in [4.69, 9.17) is 4.42 Å². The van der Waals surface area contributed by atoms with E-state index in [0.717, 1.165) is 45.3 Å². The monoisotopic (exact) mass is 425 g/mol. The molecule has 2 aromatic heterocycles. The number of rotatable bonds is 3. The molecule has 0 spiro atoms. The molecular weight excluding hydrogens is 394 g/mol. The van der Waals surface area contributed by atoms with Crippen molar-refractivity contribution in [3.63, 3.8) is 0 Å². The second kappa shape index (κ2) is 10.0. The van der Waals surface area contributed by atoms with Crippen molar-refractivity contribution in [1.82, 2.24) is 25.1 Å². The number of aryl methyl sites for hydroxylation is 1. The van der Waals surface area contributed by atoms with Gasteiger partial charge in [0.2, 0.25) is 11.7 Å². The van der Waals surface area contributed by atoms with E-state index >= 15 is 0 Å². The fourth-order valence-electron chi connectivity index (χ4n) is 4.66. The van der Waals surface area contributed by atoms with Crippen LogP contribution in [-0.4, -0.2) is 63.8 Å². The second-order valence-electron chi connectivity index (χ2n) is 8.51. The molecule has 2 atom stereocenters. The normalized spacial score (nSPS) is 23.5. The molecule has 2 aromatic rings. The summed E-state index contributed by atoms with van der Waals surface area (Å²) in [5, 5.41) is 3.14. The van der Waals surface area contributed by atoms with Crippen molar-refractivity contribution >= 4 is 11.8 Å². The standard InChI is InChI=1S/C23H31N5O3/c1-17-21(31-16-26-17)23(30)28-13-8-19-20(15-28)27(14-18-6-10-24-11-7-18)12-5-3-2-4-9-25-22(19)29/h6-7,10-11,16,19-20H,2-5,8-9,12-15H2,1H3,(H,25,29)/t19-,20-/m1/s1. The fourth-order valence-corrected chi connectivity index (χ4v) is 4.66. The number of nitrogens with zero attached hydrogens (tertiary/aromatic N) is 4. The van der Waals surface area contributed by atoms with Gasteiger partial charge in [0.1, 0.15) is 0 Å². The number of amides is 2. The Morgan fingerprint density at radius 1 is 1.19 bits per heavy atom. The molecule has 0 saturated carbocycles. The van der Waals surface area contributed by atoms with Crippen LogP contribution in [0.5, 0.6) is 0 Å². The van der Waals surface area contributed by atoms with Crippen LogP contribution in [-0.2, 0) is 11.3 Å². The number of oxazole rings is 1. The molecule has 2 aliphatic rings. The van der Waals surface area contributed by atoms with Crippen LogP contribution < -0.4 is 5.32 Å². The number of fused-ring (bicyclic) bond motifs is 1. The van der Waals surface area contributed by atoms with E-state index < -0.39 is 0 Å². The highest BCUT2D eigenvalue weighted by Crippen LogP contribution is 2.27. The summed E-state index contributed by atoms with van der Waals surface area (Å²) < 4.78 is 5.35. The van der Waals surface area contributed by atoms with Gasteiger partial charge in [-0.15, -0.1) is 0 Å². The van der Waals surface area contributed by atoms with Crippen LogP contribution in [0.15, 0.2) is 35.3 Å². The Labute approximate surface area is 183 Å². The maximum absolute atomic E-state index is 13.1. The quantitative estimate of drug-likeness (QED) is 0.812. The van der Waals surface area contributed by atoms with Crippen LogP contribution >= 0.6 is 0 Å². The molecular formula is C23H31N5O3. The van der Waals surface area contributed by atoms with E-state index in [9.17, 15) is 9.59 Å². The molecule has 2 fully saturated rings. The zero-order valence-electron chi connectivity index (χ0n) is 18.1. The Kier molecular flexibility index (Phi) is 6.96. The summed E-state index contributed by atoms with van der Waals surface area (Å²) in [5.74, 6) is 0.113. The minimum absolute atomic E-state index is 0.0489. The zero-order chi connectivity index (χ0) is 21.6. The first-order valence-electron chi connectivity index (χ1n) is 11.2. The summed E-state index contributed by atoms with van der Waals surface area (Å²) in [6, 6.07) is 3.99. The first kappa shape index (κ1) is 21.5. The van der Waals surface area contributed by atoms with Crippen molar-refractivity contribution in [3.8, 4) is 0 Å². The predicted octanol–water partition coefficient (Wildman–Crippen LogP) is 2.40. The van der Waals surface area contributed by atoms with Gasteiger partial charge in [-0.25, -0.2) is 4.98 Å². The van der Waals surface area contributed by atoms with Crippen LogP contribution in [0.25, 0.3) is 0 Å². The molecule has 0 unspecified atom stereocenters. The number of hydrogen-bond acceptors (Lipinski definition) is 6. The predicted molar refractivity (Wildman–Crippen MR) is 115 cm³/mol. The Balaban J connectivity index is 1.59. The minimum Gasteiger partial charge on any atom is -0.438 e. The Hall–Kier alpha value is -2.74. The number of carbonyl (C=O) groups excluding carboxylic acids is 2. The number of nitrogens with one attached hydrogen (secondary N) is 1. The van der Waals surface area contributed by atoms with E-state index in [2.05, 4.69) is 20.2 Å². The summed E-state index contributed by atoms with van der Waals surface area (Å²) >= 11 is 0. The Bertz CT molecular complexity index is 884. The molecule has 31 heavy (non-hydrogen) atoms. The van der Waals surface area contributed by atoms with E-state index in [0.29, 0.717) is 31.0 Å². The number of aromatic nitrogens is 2. The molecule has 0 aliphatic carbocycles. The van der Waals surface area contributed by atoms with E-state index in [1.54, 1.807) is 19.3 Å². The van der Waals surface area contributed by atoms with Crippen LogP contribution in [0.2, 0.25) is 0 Å². The molecule has 0 aromatic carbocycles. The summed E-state index contributed by atoms with van der Waals surface area (Å²) in [6.45, 7) is 5.19. The van der Waals surface area contributed by atoms with E-state index in [-0.39, 0.29) is 23.8 Å². The number of carbonyl (C=O) groups is 2. The van der Waals surface area contributed by atoms with Gasteiger partial charge in [-0.2, -0.15) is 0 Å². The lowest BCUT2D eigenvalue weighted by atomic mass is 9.88. The van der Waals surface area contributed by atoms with Gasteiger partial charge in [-0.1, -0.05) is 12.8 Å². The van der Waals surface area contributed by atoms with Gasteiger partial charge in [0, 0.05) is 44.6 Å². The van der Waals surface area contributed by atoms with Crippen LogP contribution in [0.4, 0.5) is 0 Å². The number of hydrogen-bond donors (Lipinski definition) is 1. The lowest BCUT2D eigenvalue weighted by Gasteiger charge is -2.43. The third kappa shape index (κ3) is 5.12. The van der Waals surface area contributed by atoms with Gasteiger partial charge in [0.05, 0.1) is 11.6 Å². The first-order valence-corrected chi connectivity index (χ1v) is 11.2. The molecule has 4 rings (SSSR count). The number of piperidine rings is 1. The highest BCUT2D eigenvalue weighted by molar-refractivity contribution is 5.92. The number of likely N-dealkylation sites (tertiary alicyclic amines) is 1. The van der Waals surface area contributed by atoms with Gasteiger partial charge in [0.25, 0.3) is 5.91 Å². The largest absolute Gasteiger partial charge is 0.438 e. The van der Waals surface area contributed by atoms with Gasteiger partial charge < -0.3 is 14.6 Å². The van der Waals surface area contributed by atoms with Crippen molar-refractivity contribution in [2.75, 3.05) is 26.2 Å². The van der Waals surface area contributed by atoms with Crippen molar-refractivity contribution in [2.45, 2.75) is 51.6 Å². The molecule has 4 heterocycles. The topological polar surface area (TPSA) is 91.6 Å². The third-order valence-electron chi connectivity index (χ3n) is 6.42. The average Bonchev–Trinajstić information content (AvgIpc) is 3.21. The Morgan fingerprint density at radius 3 is 2.77 bits per heavy atom. The van der Waals surface area contributed by atoms with Gasteiger partial charge in [-0.3, -0.25) is 19.5 Å². The van der Waals surface area contributed by atoms with Crippen molar-refractivity contribution in [2.24, 2.45) is 5.92 Å². The average molecular weight is 426 g/mol. The molecule has 2 aliphatic heterocycles. The molecule has 8 nitrogen and oxygen atoms in total. The highest BCUT2D eigenvalue weighted by atomic mass is 16.3. The zero-order valence-corrected chi connectivity index (χ0v) is 18.1. The van der Waals surface area contributed by atoms with Gasteiger partial charge in [0.15, 0.2) is 6.39 Å². The summed E-state index contributed by atoms with van der Waals surface area (Å²) in [7, 11) is 0. The molecule has 0 radical (unpaired) electrons. The number of pyridine rings is 1. The fraction of sp³-hybridized carbons (Fsp3) is 0.565. The summed E-state index contributed by atoms with van der Waals surface area (Å²) in [6.07, 6.45) is 9.91. The Morgan fingerprint density at radius 2 is 2.00 bits per heavy atom. The maximum atomic E-state index is 13.1. The molecule has 8 heteroatoms. The maximum Gasteiger partial charge on any atom is 0.291 e. The summed E-state index contributed by atoms with van der Waals surface area (Å²) in [4.78, 5) is 38.6. The minimum atomic E-state index is -0.146. The molecule has 0 bridgehead atoms. The smallest absolute Gasteiger partial charge is 0.291 e. The lowest BCUT2D eigenvalue weighted by molar-refractivity contribution is -0.129. The molecule has 166 valence electrons. The van der Waals surface area contributed by atoms with Gasteiger partial charge >= 0.3 is 0 Å². The van der Waals surface area contributed by atoms with Gasteiger partial charge in [-0.05, 0) is 50.4 Å². The highest BCUT2D eigenvalue weighted by Gasteiger charge is 2.40. The molecule has 2 saturated heterocycles. The molecule has 1 N–H and O–H groups in total. The van der Waals surface area contributed by atoms with Crippen molar-refractivity contribution in [3.05, 3.63) is 47.9 Å². The first-order chi connectivity index (χ1) is 15.1. The van der Waals surface area contributed by atoms with E-state index in [1.807, 2.05) is 17.0 Å². The van der Waals surface area contributed by atoms with E-state index in [1.165, 1.54) is 12.0 Å².